The van der Waals surface area contributed by atoms with E-state index in [0.29, 0.717) is 23.8 Å². The zero-order valence-electron chi connectivity index (χ0n) is 15.0. The van der Waals surface area contributed by atoms with Gasteiger partial charge in [-0.25, -0.2) is 19.4 Å². The molecular weight excluding hydrogens is 314 g/mol. The summed E-state index contributed by atoms with van der Waals surface area (Å²) in [6.45, 7) is 10.9. The van der Waals surface area contributed by atoms with Crippen LogP contribution in [-0.4, -0.2) is 45.6 Å². The molecule has 2 aromatic heterocycles. The summed E-state index contributed by atoms with van der Waals surface area (Å²) < 4.78 is 6.36. The van der Waals surface area contributed by atoms with E-state index in [1.807, 2.05) is 40.9 Å². The number of esters is 1. The Morgan fingerprint density at radius 3 is 2.35 bits per heavy atom. The highest BCUT2D eigenvalue weighted by Gasteiger charge is 2.19. The number of nitrogens with two attached hydrogens (primary N) is 1. The molecule has 0 fully saturated rings. The molecule has 0 amide bonds. The van der Waals surface area contributed by atoms with Crippen LogP contribution in [0.5, 0.6) is 0 Å². The van der Waals surface area contributed by atoms with Crippen molar-refractivity contribution in [3.8, 4) is 0 Å². The van der Waals surface area contributed by atoms with E-state index >= 15 is 0 Å². The van der Waals surface area contributed by atoms with Gasteiger partial charge in [0.25, 0.3) is 0 Å². The van der Waals surface area contributed by atoms with E-state index < -0.39 is 5.97 Å². The first-order valence-electron chi connectivity index (χ1n) is 7.69. The van der Waals surface area contributed by atoms with Gasteiger partial charge in [0.2, 0.25) is 5.82 Å². The second kappa shape index (κ2) is 11.0. The average molecular weight is 341 g/mol. The van der Waals surface area contributed by atoms with E-state index in [2.05, 4.69) is 19.8 Å². The minimum atomic E-state index is -0.560. The fourth-order valence-electron chi connectivity index (χ4n) is 1.82. The number of carbonyl (C=O) groups is 1. The maximum Gasteiger partial charge on any atom is 0.376 e. The highest BCUT2D eigenvalue weighted by atomic mass is 32.2. The zero-order valence-corrected chi connectivity index (χ0v) is 15.8. The van der Waals surface area contributed by atoms with Crippen LogP contribution < -0.4 is 5.73 Å². The highest BCUT2D eigenvalue weighted by molar-refractivity contribution is 7.98. The molecule has 23 heavy (non-hydrogen) atoms. The van der Waals surface area contributed by atoms with Crippen molar-refractivity contribution in [2.75, 3.05) is 19.9 Å². The molecule has 8 heteroatoms. The second-order valence-electron chi connectivity index (χ2n) is 3.84. The Morgan fingerprint density at radius 1 is 1.26 bits per heavy atom. The monoisotopic (exact) mass is 341 g/mol. The van der Waals surface area contributed by atoms with Crippen LogP contribution in [0, 0.1) is 6.92 Å². The Hall–Kier alpha value is -1.67. The smallest absolute Gasteiger partial charge is 0.376 e. The van der Waals surface area contributed by atoms with Gasteiger partial charge in [0, 0.05) is 6.54 Å². The Morgan fingerprint density at radius 2 is 1.87 bits per heavy atom. The molecule has 0 aliphatic carbocycles. The van der Waals surface area contributed by atoms with Crippen molar-refractivity contribution in [1.29, 1.82) is 0 Å². The predicted molar refractivity (Wildman–Crippen MR) is 94.9 cm³/mol. The van der Waals surface area contributed by atoms with Crippen LogP contribution in [0.25, 0.3) is 11.0 Å². The summed E-state index contributed by atoms with van der Waals surface area (Å²) in [7, 11) is 1.30. The number of fused-ring (bicyclic) bond motifs is 1. The third-order valence-electron chi connectivity index (χ3n) is 2.64. The number of carbonyl (C=O) groups excluding carboxylic acids is 1. The largest absolute Gasteiger partial charge is 0.463 e. The molecule has 0 aliphatic rings. The molecule has 2 heterocycles. The van der Waals surface area contributed by atoms with Gasteiger partial charge in [-0.1, -0.05) is 27.7 Å². The lowest BCUT2D eigenvalue weighted by atomic mass is 10.3. The van der Waals surface area contributed by atoms with Crippen LogP contribution in [0.1, 0.15) is 44.0 Å². The van der Waals surface area contributed by atoms with E-state index in [9.17, 15) is 4.79 Å². The molecule has 7 nitrogen and oxygen atoms in total. The number of methoxy groups -OCH3 is 1. The summed E-state index contributed by atoms with van der Waals surface area (Å²) in [5, 5.41) is 5.95. The molecular formula is C15H27N5O2S. The first-order valence-corrected chi connectivity index (χ1v) is 8.92. The van der Waals surface area contributed by atoms with Gasteiger partial charge < -0.3 is 10.5 Å². The quantitative estimate of drug-likeness (QED) is 0.519. The van der Waals surface area contributed by atoms with Crippen molar-refractivity contribution in [2.24, 2.45) is 5.73 Å². The Labute approximate surface area is 142 Å². The molecule has 2 N–H and O–H groups in total. The first-order chi connectivity index (χ1) is 11.1. The molecule has 0 bridgehead atoms. The third kappa shape index (κ3) is 4.90. The summed E-state index contributed by atoms with van der Waals surface area (Å²) in [6, 6.07) is 0. The number of hydrogen-bond acceptors (Lipinski definition) is 7. The van der Waals surface area contributed by atoms with Gasteiger partial charge in [0.1, 0.15) is 5.03 Å². The summed E-state index contributed by atoms with van der Waals surface area (Å²) >= 11 is 1.44. The summed E-state index contributed by atoms with van der Waals surface area (Å²) in [5.41, 5.74) is 6.99. The normalized spacial score (nSPS) is 9.57. The van der Waals surface area contributed by atoms with Crippen molar-refractivity contribution >= 4 is 28.8 Å². The minimum absolute atomic E-state index is 0.0394. The molecule has 130 valence electrons. The van der Waals surface area contributed by atoms with Gasteiger partial charge in [0.15, 0.2) is 5.65 Å². The SMILES string of the molecule is CC.CC.COC(=O)c1nc(SC)c2c(C)nn(CCN)c2n1. The molecule has 0 spiro atoms. The van der Waals surface area contributed by atoms with Gasteiger partial charge in [-0.3, -0.25) is 0 Å². The average Bonchev–Trinajstić information content (AvgIpc) is 2.93. The summed E-state index contributed by atoms with van der Waals surface area (Å²) in [5.74, 6) is -0.520. The molecule has 0 saturated heterocycles. The summed E-state index contributed by atoms with van der Waals surface area (Å²) in [6.07, 6.45) is 1.89. The van der Waals surface area contributed by atoms with Gasteiger partial charge in [-0.2, -0.15) is 5.10 Å². The van der Waals surface area contributed by atoms with Crippen LogP contribution in [0.2, 0.25) is 0 Å². The number of ether oxygens (including phenoxy) is 1. The summed E-state index contributed by atoms with van der Waals surface area (Å²) in [4.78, 5) is 20.0. The Balaban J connectivity index is 0.00000112. The van der Waals surface area contributed by atoms with Crippen molar-refractivity contribution in [2.45, 2.75) is 46.2 Å². The van der Waals surface area contributed by atoms with Gasteiger partial charge in [-0.15, -0.1) is 11.8 Å². The maximum atomic E-state index is 11.6. The molecule has 0 saturated carbocycles. The van der Waals surface area contributed by atoms with Gasteiger partial charge >= 0.3 is 5.97 Å². The fourth-order valence-corrected chi connectivity index (χ4v) is 2.44. The Bertz CT molecular complexity index is 628. The van der Waals surface area contributed by atoms with E-state index in [4.69, 9.17) is 5.73 Å². The van der Waals surface area contributed by atoms with Crippen molar-refractivity contribution < 1.29 is 9.53 Å². The molecule has 0 atom stereocenters. The van der Waals surface area contributed by atoms with Gasteiger partial charge in [-0.05, 0) is 13.2 Å². The topological polar surface area (TPSA) is 95.9 Å². The highest BCUT2D eigenvalue weighted by Crippen LogP contribution is 2.26. The van der Waals surface area contributed by atoms with Crippen molar-refractivity contribution in [1.82, 2.24) is 19.7 Å². The van der Waals surface area contributed by atoms with Crippen LogP contribution in [-0.2, 0) is 11.3 Å². The van der Waals surface area contributed by atoms with Crippen LogP contribution >= 0.6 is 11.8 Å². The lowest BCUT2D eigenvalue weighted by molar-refractivity contribution is 0.0586. The number of hydrogen-bond donors (Lipinski definition) is 1. The molecule has 2 aromatic rings. The lowest BCUT2D eigenvalue weighted by Gasteiger charge is -2.04. The second-order valence-corrected chi connectivity index (χ2v) is 4.64. The molecule has 0 radical (unpaired) electrons. The van der Waals surface area contributed by atoms with E-state index in [1.54, 1.807) is 4.68 Å². The van der Waals surface area contributed by atoms with E-state index in [1.165, 1.54) is 18.9 Å². The number of nitrogens with zero attached hydrogens (tertiary/aromatic N) is 4. The van der Waals surface area contributed by atoms with Crippen LogP contribution in [0.15, 0.2) is 5.03 Å². The predicted octanol–water partition coefficient (Wildman–Crippen LogP) is 2.65. The lowest BCUT2D eigenvalue weighted by Crippen LogP contribution is -2.13. The van der Waals surface area contributed by atoms with E-state index in [0.717, 1.165) is 11.1 Å². The molecule has 2 rings (SSSR count). The van der Waals surface area contributed by atoms with Crippen molar-refractivity contribution in [3.05, 3.63) is 11.5 Å². The molecule has 0 aliphatic heterocycles. The zero-order chi connectivity index (χ0) is 18.0. The number of aryl methyl sites for hydroxylation is 1. The third-order valence-corrected chi connectivity index (χ3v) is 3.32. The maximum absolute atomic E-state index is 11.6. The van der Waals surface area contributed by atoms with E-state index in [-0.39, 0.29) is 5.82 Å². The molecule has 0 aromatic carbocycles. The Kier molecular flexibility index (Phi) is 10.2. The first kappa shape index (κ1) is 21.3. The molecule has 0 unspecified atom stereocenters. The number of thioether (sulfide) groups is 1. The minimum Gasteiger partial charge on any atom is -0.463 e. The number of rotatable bonds is 4. The van der Waals surface area contributed by atoms with Crippen molar-refractivity contribution in [3.63, 3.8) is 0 Å². The van der Waals surface area contributed by atoms with Crippen LogP contribution in [0.4, 0.5) is 0 Å². The number of aromatic nitrogens is 4. The van der Waals surface area contributed by atoms with Gasteiger partial charge in [0.05, 0.1) is 24.7 Å². The van der Waals surface area contributed by atoms with Crippen LogP contribution in [0.3, 0.4) is 0 Å². The fraction of sp³-hybridized carbons (Fsp3) is 0.600. The standard InChI is InChI=1S/C11H15N5O2S.2C2H6/c1-6-7-9(16(15-6)5-4-12)13-8(11(17)18-2)14-10(7)19-3;2*1-2/h4-5,12H2,1-3H3;2*1-2H3.